The number of aliphatic imine (C=N–C) groups is 1. The molecule has 3 atom stereocenters. The maximum atomic E-state index is 13.9. The third kappa shape index (κ3) is 8.72. The Balaban J connectivity index is 0.972. The Morgan fingerprint density at radius 2 is 1.54 bits per heavy atom. The van der Waals surface area contributed by atoms with Gasteiger partial charge < -0.3 is 38.6 Å². The van der Waals surface area contributed by atoms with E-state index in [0.717, 1.165) is 27.5 Å². The van der Waals surface area contributed by atoms with E-state index in [-0.39, 0.29) is 42.3 Å². The molecule has 2 saturated heterocycles. The van der Waals surface area contributed by atoms with Crippen LogP contribution in [0.5, 0.6) is 23.0 Å². The van der Waals surface area contributed by atoms with E-state index in [4.69, 9.17) is 23.7 Å². The topological polar surface area (TPSA) is 153 Å². The van der Waals surface area contributed by atoms with Crippen molar-refractivity contribution in [3.63, 3.8) is 0 Å². The molecule has 0 aliphatic carbocycles. The maximum Gasteiger partial charge on any atom is 0.416 e. The van der Waals surface area contributed by atoms with Crippen molar-refractivity contribution in [2.75, 3.05) is 57.8 Å². The van der Waals surface area contributed by atoms with Crippen LogP contribution in [0.4, 0.5) is 16.2 Å². The number of ether oxygens (including phenoxy) is 5. The largest absolute Gasteiger partial charge is 0.493 e. The number of amides is 3. The lowest BCUT2D eigenvalue weighted by molar-refractivity contribution is 0.0493. The molecule has 300 valence electrons. The summed E-state index contributed by atoms with van der Waals surface area (Å²) in [6.45, 7) is 9.61. The molecule has 4 aliphatic heterocycles. The van der Waals surface area contributed by atoms with Crippen molar-refractivity contribution in [1.82, 2.24) is 14.8 Å². The van der Waals surface area contributed by atoms with E-state index < -0.39 is 18.4 Å². The number of aliphatic hydroxyl groups excluding tert-OH is 1. The van der Waals surface area contributed by atoms with Crippen molar-refractivity contribution in [2.45, 2.75) is 55.4 Å². The van der Waals surface area contributed by atoms with Crippen LogP contribution < -0.4 is 23.8 Å². The summed E-state index contributed by atoms with van der Waals surface area (Å²) in [5, 5.41) is 12.5. The van der Waals surface area contributed by atoms with E-state index in [1.54, 1.807) is 41.6 Å². The van der Waals surface area contributed by atoms with Gasteiger partial charge in [0.05, 0.1) is 62.0 Å². The van der Waals surface area contributed by atoms with Gasteiger partial charge in [-0.15, -0.1) is 0 Å². The highest BCUT2D eigenvalue weighted by atomic mass is 33.1. The van der Waals surface area contributed by atoms with Gasteiger partial charge in [0.1, 0.15) is 11.6 Å². The quantitative estimate of drug-likeness (QED) is 0.0988. The van der Waals surface area contributed by atoms with Crippen LogP contribution in [0.25, 0.3) is 0 Å². The zero-order chi connectivity index (χ0) is 40.1. The number of rotatable bonds is 15. The maximum absolute atomic E-state index is 13.9. The molecule has 7 rings (SSSR count). The van der Waals surface area contributed by atoms with Crippen molar-refractivity contribution in [1.29, 1.82) is 0 Å². The van der Waals surface area contributed by atoms with Crippen LogP contribution in [0, 0.1) is 0 Å². The van der Waals surface area contributed by atoms with Gasteiger partial charge in [0, 0.05) is 43.4 Å². The lowest BCUT2D eigenvalue weighted by Crippen LogP contribution is -2.51. The molecule has 57 heavy (non-hydrogen) atoms. The number of unbranched alkanes of at least 4 members (excludes halogenated alkanes) is 2. The minimum absolute atomic E-state index is 0.0724. The molecule has 16 heteroatoms. The molecule has 3 amide bonds. The number of carbonyl (C=O) groups is 3. The summed E-state index contributed by atoms with van der Waals surface area (Å²) < 4.78 is 29.1. The van der Waals surface area contributed by atoms with Crippen LogP contribution in [0.3, 0.4) is 0 Å². The summed E-state index contributed by atoms with van der Waals surface area (Å²) in [5.41, 5.74) is 3.14. The van der Waals surface area contributed by atoms with Crippen LogP contribution in [-0.4, -0.2) is 115 Å². The SMILES string of the molecule is C=C1C[C@H]2C=Nc3cc(OCCCCCOc4cc5c(cc4OC)C(=O)N4CC(=C)C[C@H]4C(O)N5C(=O)OCCSSc4ccccn4)c(OC)cc3C(=O)N2C1. The number of methoxy groups -OCH3 is 2. The zero-order valence-corrected chi connectivity index (χ0v) is 33.5. The number of aromatic nitrogens is 1. The average Bonchev–Trinajstić information content (AvgIpc) is 3.75. The van der Waals surface area contributed by atoms with Crippen molar-refractivity contribution in [3.05, 3.63) is 84.1 Å². The molecule has 2 aromatic carbocycles. The monoisotopic (exact) mass is 815 g/mol. The lowest BCUT2D eigenvalue weighted by Gasteiger charge is -2.31. The summed E-state index contributed by atoms with van der Waals surface area (Å²) in [6, 6.07) is 11.4. The Morgan fingerprint density at radius 3 is 2.26 bits per heavy atom. The van der Waals surface area contributed by atoms with Gasteiger partial charge in [0.15, 0.2) is 29.2 Å². The highest BCUT2D eigenvalue weighted by molar-refractivity contribution is 8.76. The average molecular weight is 816 g/mol. The molecule has 0 radical (unpaired) electrons. The number of nitrogens with zero attached hydrogens (tertiary/aromatic N) is 5. The normalized spacial score (nSPS) is 19.7. The number of benzene rings is 2. The zero-order valence-electron chi connectivity index (χ0n) is 31.9. The number of pyridine rings is 1. The van der Waals surface area contributed by atoms with E-state index in [2.05, 4.69) is 23.1 Å². The van der Waals surface area contributed by atoms with Gasteiger partial charge in [-0.3, -0.25) is 14.6 Å². The Kier molecular flexibility index (Phi) is 12.6. The fourth-order valence-electron chi connectivity index (χ4n) is 7.27. The second-order valence-corrected chi connectivity index (χ2v) is 16.4. The third-order valence-electron chi connectivity index (χ3n) is 10.1. The van der Waals surface area contributed by atoms with Crippen molar-refractivity contribution in [2.24, 2.45) is 4.99 Å². The molecule has 4 aliphatic rings. The number of hydrogen-bond donors (Lipinski definition) is 1. The molecular formula is C41H45N5O9S2. The van der Waals surface area contributed by atoms with Gasteiger partial charge in [-0.2, -0.15) is 0 Å². The summed E-state index contributed by atoms with van der Waals surface area (Å²) in [7, 11) is 5.98. The highest BCUT2D eigenvalue weighted by Gasteiger charge is 2.46. The van der Waals surface area contributed by atoms with Gasteiger partial charge in [-0.25, -0.2) is 14.7 Å². The smallest absolute Gasteiger partial charge is 0.416 e. The van der Waals surface area contributed by atoms with E-state index in [9.17, 15) is 19.5 Å². The second-order valence-electron chi connectivity index (χ2n) is 14.0. The molecular weight excluding hydrogens is 771 g/mol. The van der Waals surface area contributed by atoms with Gasteiger partial charge >= 0.3 is 6.09 Å². The molecule has 0 spiro atoms. The van der Waals surface area contributed by atoms with Crippen LogP contribution in [0.1, 0.15) is 52.8 Å². The standard InChI is InChI=1S/C41H45N5O9S2/c1-25-16-27-22-43-30-20-35(33(51-3)18-28(30)38(47)44(27)23-25)53-12-8-5-9-13-54-36-21-31-29(19-34(36)52-4)39(48)45-24-26(2)17-32(45)40(49)46(31)41(50)55-14-15-56-57-37-10-6-7-11-42-37/h6-7,10-11,18-22,27,32,40,49H,1-2,5,8-9,12-17,23-24H2,3-4H3/t27-,32-,40?/m0/s1. The molecule has 3 aromatic rings. The Morgan fingerprint density at radius 1 is 0.860 bits per heavy atom. The Hall–Kier alpha value is -5.19. The molecule has 0 saturated carbocycles. The van der Waals surface area contributed by atoms with Crippen molar-refractivity contribution < 1.29 is 43.2 Å². The predicted molar refractivity (Wildman–Crippen MR) is 219 cm³/mol. The minimum atomic E-state index is -1.39. The molecule has 5 heterocycles. The van der Waals surface area contributed by atoms with Gasteiger partial charge in [-0.05, 0) is 67.2 Å². The fourth-order valence-corrected chi connectivity index (χ4v) is 8.97. The van der Waals surface area contributed by atoms with Crippen LogP contribution in [-0.2, 0) is 4.74 Å². The van der Waals surface area contributed by atoms with Crippen LogP contribution in [0.15, 0.2) is 83.0 Å². The summed E-state index contributed by atoms with van der Waals surface area (Å²) in [5.74, 6) is 1.60. The summed E-state index contributed by atoms with van der Waals surface area (Å²) in [6.07, 6.45) is 4.49. The molecule has 2 fully saturated rings. The summed E-state index contributed by atoms with van der Waals surface area (Å²) >= 11 is 0. The number of carbonyl (C=O) groups excluding carboxylic acids is 3. The van der Waals surface area contributed by atoms with Crippen LogP contribution >= 0.6 is 21.6 Å². The van der Waals surface area contributed by atoms with Gasteiger partial charge in [0.2, 0.25) is 0 Å². The molecule has 0 bridgehead atoms. The number of fused-ring (bicyclic) bond motifs is 4. The Bertz CT molecular complexity index is 2070. The third-order valence-corrected chi connectivity index (χ3v) is 12.3. The van der Waals surface area contributed by atoms with Gasteiger partial charge in [-0.1, -0.05) is 41.2 Å². The fraction of sp³-hybridized carbons (Fsp3) is 0.390. The lowest BCUT2D eigenvalue weighted by atomic mass is 10.1. The first-order chi connectivity index (χ1) is 27.7. The highest BCUT2D eigenvalue weighted by Crippen LogP contribution is 2.43. The minimum Gasteiger partial charge on any atom is -0.493 e. The predicted octanol–water partition coefficient (Wildman–Crippen LogP) is 6.70. The Labute approximate surface area is 339 Å². The van der Waals surface area contributed by atoms with E-state index in [1.165, 1.54) is 40.7 Å². The number of anilines is 1. The number of hydrogen-bond acceptors (Lipinski definition) is 13. The second kappa shape index (κ2) is 17.9. The van der Waals surface area contributed by atoms with Gasteiger partial charge in [0.25, 0.3) is 11.8 Å². The number of aliphatic hydroxyl groups is 1. The molecule has 14 nitrogen and oxygen atoms in total. The van der Waals surface area contributed by atoms with Crippen molar-refractivity contribution >= 4 is 57.1 Å². The molecule has 1 unspecified atom stereocenters. The first kappa shape index (κ1) is 40.0. The van der Waals surface area contributed by atoms with E-state index in [1.807, 2.05) is 18.2 Å². The van der Waals surface area contributed by atoms with Crippen molar-refractivity contribution in [3.8, 4) is 23.0 Å². The van der Waals surface area contributed by atoms with Crippen LogP contribution in [0.2, 0.25) is 0 Å². The first-order valence-electron chi connectivity index (χ1n) is 18.7. The molecule has 1 aromatic heterocycles. The summed E-state index contributed by atoms with van der Waals surface area (Å²) in [4.78, 5) is 54.2. The molecule has 1 N–H and O–H groups in total. The first-order valence-corrected chi connectivity index (χ1v) is 21.0. The van der Waals surface area contributed by atoms with E-state index >= 15 is 0 Å². The van der Waals surface area contributed by atoms with E-state index in [0.29, 0.717) is 85.4 Å².